The molecule has 0 amide bonds. The summed E-state index contributed by atoms with van der Waals surface area (Å²) in [5.41, 5.74) is 1.81. The fraction of sp³-hybridized carbons (Fsp3) is 0.750. The molecule has 20 heavy (non-hydrogen) atoms. The second kappa shape index (κ2) is 4.46. The van der Waals surface area contributed by atoms with Gasteiger partial charge in [-0.05, 0) is 64.4 Å². The van der Waals surface area contributed by atoms with Gasteiger partial charge in [-0.1, -0.05) is 12.2 Å². The number of methoxy groups -OCH3 is 1. The Hall–Kier alpha value is -0.575. The van der Waals surface area contributed by atoms with Crippen LogP contribution in [-0.2, 0) is 14.0 Å². The molecule has 0 spiro atoms. The molecule has 3 rings (SSSR count). The topological polar surface area (TPSA) is 27.7 Å². The maximum Gasteiger partial charge on any atom is 0.494 e. The minimum atomic E-state index is -0.287. The van der Waals surface area contributed by atoms with Crippen molar-refractivity contribution in [3.8, 4) is 0 Å². The van der Waals surface area contributed by atoms with E-state index in [0.717, 1.165) is 25.7 Å². The summed E-state index contributed by atoms with van der Waals surface area (Å²) in [6.45, 7) is 8.40. The molecule has 0 aromatic heterocycles. The molecule has 1 atom stereocenters. The first-order valence-corrected chi connectivity index (χ1v) is 7.63. The van der Waals surface area contributed by atoms with Crippen molar-refractivity contribution >= 4 is 7.12 Å². The summed E-state index contributed by atoms with van der Waals surface area (Å²) < 4.78 is 18.3. The maximum absolute atomic E-state index is 6.21. The Morgan fingerprint density at radius 2 is 1.55 bits per heavy atom. The van der Waals surface area contributed by atoms with Crippen molar-refractivity contribution in [2.45, 2.75) is 70.2 Å². The highest BCUT2D eigenvalue weighted by Crippen LogP contribution is 2.48. The fourth-order valence-corrected chi connectivity index (χ4v) is 3.49. The summed E-state index contributed by atoms with van der Waals surface area (Å²) in [7, 11) is 1.56. The first kappa shape index (κ1) is 14.4. The largest absolute Gasteiger partial charge is 0.494 e. The van der Waals surface area contributed by atoms with Gasteiger partial charge in [-0.15, -0.1) is 0 Å². The lowest BCUT2D eigenvalue weighted by Crippen LogP contribution is -2.41. The molecule has 1 aliphatic heterocycles. The zero-order valence-electron chi connectivity index (χ0n) is 13.3. The molecule has 1 saturated heterocycles. The number of allylic oxidation sites excluding steroid dienone is 2. The van der Waals surface area contributed by atoms with Crippen LogP contribution in [0.5, 0.6) is 0 Å². The van der Waals surface area contributed by atoms with Crippen LogP contribution in [0.1, 0.15) is 53.4 Å². The van der Waals surface area contributed by atoms with E-state index in [1.807, 2.05) is 7.11 Å². The third-order valence-electron chi connectivity index (χ3n) is 5.51. The molecule has 110 valence electrons. The van der Waals surface area contributed by atoms with Crippen LogP contribution in [0, 0.1) is 0 Å². The third-order valence-corrected chi connectivity index (χ3v) is 5.51. The van der Waals surface area contributed by atoms with Crippen LogP contribution in [0.15, 0.2) is 23.2 Å². The SMILES string of the molecule is COC12CCC=C(B3OC(C)(C)C(C)(C)O3)C1=CCC2. The summed E-state index contributed by atoms with van der Waals surface area (Å²) >= 11 is 0. The quantitative estimate of drug-likeness (QED) is 0.723. The van der Waals surface area contributed by atoms with E-state index in [-0.39, 0.29) is 23.9 Å². The van der Waals surface area contributed by atoms with Crippen LogP contribution in [0.25, 0.3) is 0 Å². The standard InChI is InChI=1S/C16H25BO3/c1-14(2)15(3,4)20-17(19-14)13-9-7-11-16(18-5)10-6-8-12(13)16/h8-9H,6-7,10-11H2,1-5H3. The van der Waals surface area contributed by atoms with Crippen molar-refractivity contribution in [1.82, 2.24) is 0 Å². The lowest BCUT2D eigenvalue weighted by Gasteiger charge is -2.36. The number of fused-ring (bicyclic) bond motifs is 1. The number of hydrogen-bond acceptors (Lipinski definition) is 3. The normalized spacial score (nSPS) is 34.8. The molecule has 4 heteroatoms. The van der Waals surface area contributed by atoms with Gasteiger partial charge in [-0.3, -0.25) is 0 Å². The van der Waals surface area contributed by atoms with Crippen LogP contribution in [-0.4, -0.2) is 31.0 Å². The molecule has 3 aliphatic rings. The van der Waals surface area contributed by atoms with E-state index < -0.39 is 0 Å². The lowest BCUT2D eigenvalue weighted by molar-refractivity contribution is 0.00578. The first-order valence-electron chi connectivity index (χ1n) is 7.63. The molecule has 0 aromatic rings. The van der Waals surface area contributed by atoms with Crippen molar-refractivity contribution in [1.29, 1.82) is 0 Å². The zero-order valence-corrected chi connectivity index (χ0v) is 13.3. The monoisotopic (exact) mass is 276 g/mol. The van der Waals surface area contributed by atoms with Crippen molar-refractivity contribution in [2.75, 3.05) is 7.11 Å². The maximum atomic E-state index is 6.21. The molecule has 0 aromatic carbocycles. The Morgan fingerprint density at radius 3 is 2.10 bits per heavy atom. The number of ether oxygens (including phenoxy) is 1. The third kappa shape index (κ3) is 1.92. The average molecular weight is 276 g/mol. The second-order valence-electron chi connectivity index (χ2n) is 7.14. The molecule has 0 bridgehead atoms. The van der Waals surface area contributed by atoms with Gasteiger partial charge < -0.3 is 14.0 Å². The predicted molar refractivity (Wildman–Crippen MR) is 80.5 cm³/mol. The van der Waals surface area contributed by atoms with Gasteiger partial charge in [0, 0.05) is 7.11 Å². The van der Waals surface area contributed by atoms with Crippen LogP contribution < -0.4 is 0 Å². The van der Waals surface area contributed by atoms with E-state index in [1.54, 1.807) is 0 Å². The minimum Gasteiger partial charge on any atom is -0.399 e. The summed E-state index contributed by atoms with van der Waals surface area (Å²) in [6, 6.07) is 0. The van der Waals surface area contributed by atoms with Gasteiger partial charge in [0.15, 0.2) is 0 Å². The van der Waals surface area contributed by atoms with Crippen LogP contribution >= 0.6 is 0 Å². The van der Waals surface area contributed by atoms with Gasteiger partial charge in [-0.25, -0.2) is 0 Å². The molecular formula is C16H25BO3. The zero-order chi connectivity index (χ0) is 14.6. The van der Waals surface area contributed by atoms with Gasteiger partial charge in [0.1, 0.15) is 0 Å². The summed E-state index contributed by atoms with van der Waals surface area (Å²) in [5, 5.41) is 0. The van der Waals surface area contributed by atoms with Crippen molar-refractivity contribution in [3.63, 3.8) is 0 Å². The van der Waals surface area contributed by atoms with Crippen molar-refractivity contribution in [3.05, 3.63) is 23.2 Å². The molecule has 0 N–H and O–H groups in total. The van der Waals surface area contributed by atoms with Gasteiger partial charge in [0.25, 0.3) is 0 Å². The van der Waals surface area contributed by atoms with Gasteiger partial charge in [0.05, 0.1) is 16.8 Å². The Morgan fingerprint density at radius 1 is 1.00 bits per heavy atom. The molecule has 0 saturated carbocycles. The van der Waals surface area contributed by atoms with Gasteiger partial charge >= 0.3 is 7.12 Å². The highest BCUT2D eigenvalue weighted by molar-refractivity contribution is 6.56. The fourth-order valence-electron chi connectivity index (χ4n) is 3.49. The summed E-state index contributed by atoms with van der Waals surface area (Å²) in [6.07, 6.45) is 8.84. The Labute approximate surface area is 122 Å². The smallest absolute Gasteiger partial charge is 0.399 e. The van der Waals surface area contributed by atoms with Crippen LogP contribution in [0.4, 0.5) is 0 Å². The van der Waals surface area contributed by atoms with Gasteiger partial charge in [-0.2, -0.15) is 0 Å². The molecule has 1 heterocycles. The first-order chi connectivity index (χ1) is 9.31. The molecule has 1 unspecified atom stereocenters. The van der Waals surface area contributed by atoms with E-state index in [4.69, 9.17) is 14.0 Å². The van der Waals surface area contributed by atoms with Crippen LogP contribution in [0.3, 0.4) is 0 Å². The predicted octanol–water partition coefficient (Wildman–Crippen LogP) is 3.44. The molecule has 2 aliphatic carbocycles. The Balaban J connectivity index is 1.91. The van der Waals surface area contributed by atoms with Crippen LogP contribution in [0.2, 0.25) is 0 Å². The summed E-state index contributed by atoms with van der Waals surface area (Å²) in [4.78, 5) is 0. The van der Waals surface area contributed by atoms with Crippen molar-refractivity contribution in [2.24, 2.45) is 0 Å². The summed E-state index contributed by atoms with van der Waals surface area (Å²) in [5.74, 6) is 0. The van der Waals surface area contributed by atoms with E-state index in [2.05, 4.69) is 39.8 Å². The number of rotatable bonds is 2. The lowest BCUT2D eigenvalue weighted by atomic mass is 9.65. The molecular weight excluding hydrogens is 251 g/mol. The molecule has 0 radical (unpaired) electrons. The van der Waals surface area contributed by atoms with Gasteiger partial charge in [0.2, 0.25) is 0 Å². The molecule has 1 fully saturated rings. The van der Waals surface area contributed by atoms with E-state index in [0.29, 0.717) is 0 Å². The van der Waals surface area contributed by atoms with E-state index in [9.17, 15) is 0 Å². The second-order valence-corrected chi connectivity index (χ2v) is 7.14. The van der Waals surface area contributed by atoms with E-state index in [1.165, 1.54) is 11.0 Å². The average Bonchev–Trinajstić information content (AvgIpc) is 2.89. The van der Waals surface area contributed by atoms with E-state index >= 15 is 0 Å². The Bertz CT molecular complexity index is 462. The highest BCUT2D eigenvalue weighted by atomic mass is 16.7. The molecule has 3 nitrogen and oxygen atoms in total. The Kier molecular flexibility index (Phi) is 3.20. The highest BCUT2D eigenvalue weighted by Gasteiger charge is 2.55. The minimum absolute atomic E-state index is 0.103. The number of hydrogen-bond donors (Lipinski definition) is 0. The van der Waals surface area contributed by atoms with Crippen molar-refractivity contribution < 1.29 is 14.0 Å².